The number of benzene rings is 2. The van der Waals surface area contributed by atoms with E-state index >= 15 is 0 Å². The van der Waals surface area contributed by atoms with Crippen molar-refractivity contribution in [3.63, 3.8) is 0 Å². The molecule has 2 aromatic rings. The Morgan fingerprint density at radius 3 is 2.35 bits per heavy atom. The number of allylic oxidation sites excluding steroid dienone is 1. The third-order valence-corrected chi connectivity index (χ3v) is 6.24. The van der Waals surface area contributed by atoms with E-state index in [1.807, 2.05) is 42.5 Å². The maximum Gasteiger partial charge on any atom is 0.137 e. The van der Waals surface area contributed by atoms with Gasteiger partial charge in [0.15, 0.2) is 0 Å². The maximum absolute atomic E-state index is 10.2. The third-order valence-electron chi connectivity index (χ3n) is 5.68. The van der Waals surface area contributed by atoms with Crippen molar-refractivity contribution in [2.75, 3.05) is 32.2 Å². The second-order valence-corrected chi connectivity index (χ2v) is 9.36. The summed E-state index contributed by atoms with van der Waals surface area (Å²) < 4.78 is 11.4. The van der Waals surface area contributed by atoms with Gasteiger partial charge in [-0.1, -0.05) is 43.6 Å². The number of alkyl halides is 1. The summed E-state index contributed by atoms with van der Waals surface area (Å²) in [5.41, 5.74) is 8.26. The van der Waals surface area contributed by atoms with E-state index in [1.165, 1.54) is 5.01 Å². The molecule has 0 spiro atoms. The molecule has 0 aromatic heterocycles. The average Bonchev–Trinajstić information content (AvgIpc) is 2.83. The first kappa shape index (κ1) is 28.1. The monoisotopic (exact) mass is 511 g/mol. The Morgan fingerprint density at radius 1 is 1.12 bits per heavy atom. The number of hydrazine groups is 1. The molecule has 7 nitrogen and oxygen atoms in total. The summed E-state index contributed by atoms with van der Waals surface area (Å²) >= 11 is 12.1. The van der Waals surface area contributed by atoms with Gasteiger partial charge in [-0.3, -0.25) is 0 Å². The molecule has 0 aliphatic rings. The fraction of sp³-hybridized carbons (Fsp3) is 0.440. The molecule has 0 radical (unpaired) electrons. The number of nitrogens with two attached hydrogens (primary N) is 2. The van der Waals surface area contributed by atoms with Gasteiger partial charge in [-0.25, -0.2) is 5.84 Å². The molecule has 0 aliphatic carbocycles. The van der Waals surface area contributed by atoms with E-state index in [0.717, 1.165) is 17.5 Å². The molecule has 34 heavy (non-hydrogen) atoms. The van der Waals surface area contributed by atoms with Crippen molar-refractivity contribution in [3.8, 4) is 11.5 Å². The highest BCUT2D eigenvalue weighted by Crippen LogP contribution is 2.36. The summed E-state index contributed by atoms with van der Waals surface area (Å²) in [5.74, 6) is 7.71. The first-order valence-corrected chi connectivity index (χ1v) is 12.0. The molecule has 0 aliphatic heterocycles. The van der Waals surface area contributed by atoms with Crippen LogP contribution in [-0.2, 0) is 5.41 Å². The number of hydrogen-bond donors (Lipinski definition) is 4. The molecule has 0 bridgehead atoms. The lowest BCUT2D eigenvalue weighted by atomic mass is 9.78. The topological polar surface area (TPSA) is 114 Å². The van der Waals surface area contributed by atoms with Crippen LogP contribution in [0.1, 0.15) is 38.3 Å². The van der Waals surface area contributed by atoms with Crippen LogP contribution < -0.4 is 21.1 Å². The van der Waals surface area contributed by atoms with Gasteiger partial charge in [0.05, 0.1) is 30.5 Å². The van der Waals surface area contributed by atoms with Gasteiger partial charge in [0, 0.05) is 17.0 Å². The molecule has 0 saturated heterocycles. The lowest BCUT2D eigenvalue weighted by Crippen LogP contribution is -2.40. The molecule has 2 aromatic carbocycles. The third kappa shape index (κ3) is 7.68. The van der Waals surface area contributed by atoms with E-state index in [2.05, 4.69) is 13.8 Å². The molecule has 9 heteroatoms. The molecule has 1 atom stereocenters. The van der Waals surface area contributed by atoms with Crippen molar-refractivity contribution in [2.45, 2.75) is 38.7 Å². The van der Waals surface area contributed by atoms with Crippen molar-refractivity contribution in [3.05, 3.63) is 70.0 Å². The van der Waals surface area contributed by atoms with Gasteiger partial charge >= 0.3 is 0 Å². The van der Waals surface area contributed by atoms with Crippen LogP contribution in [0.3, 0.4) is 0 Å². The smallest absolute Gasteiger partial charge is 0.137 e. The molecule has 0 amide bonds. The number of aliphatic hydroxyl groups excluding tert-OH is 2. The molecular formula is C25H35Cl2N3O4. The van der Waals surface area contributed by atoms with Crippen LogP contribution in [-0.4, -0.2) is 53.6 Å². The van der Waals surface area contributed by atoms with Gasteiger partial charge in [-0.15, -0.1) is 11.6 Å². The van der Waals surface area contributed by atoms with Crippen LogP contribution in [0.15, 0.2) is 53.9 Å². The summed E-state index contributed by atoms with van der Waals surface area (Å²) in [6.45, 7) is 6.32. The molecule has 1 unspecified atom stereocenters. The van der Waals surface area contributed by atoms with Crippen molar-refractivity contribution in [1.82, 2.24) is 5.01 Å². The average molecular weight is 512 g/mol. The SMILES string of the molecule is C/C(=C(/N)CO)N(N)CC(O)COc1ccc(C(C)(C)c2ccc(OCCCCl)c(Cl)c2)cc1. The Hall–Kier alpha value is -2.16. The van der Waals surface area contributed by atoms with Gasteiger partial charge in [0.1, 0.15) is 24.2 Å². The van der Waals surface area contributed by atoms with Crippen LogP contribution in [0.2, 0.25) is 5.02 Å². The number of hydrogen-bond acceptors (Lipinski definition) is 7. The zero-order chi connectivity index (χ0) is 25.3. The largest absolute Gasteiger partial charge is 0.492 e. The van der Waals surface area contributed by atoms with Crippen molar-refractivity contribution >= 4 is 23.2 Å². The van der Waals surface area contributed by atoms with E-state index in [-0.39, 0.29) is 30.9 Å². The highest BCUT2D eigenvalue weighted by Gasteiger charge is 2.24. The minimum Gasteiger partial charge on any atom is -0.492 e. The van der Waals surface area contributed by atoms with Crippen molar-refractivity contribution in [1.29, 1.82) is 0 Å². The van der Waals surface area contributed by atoms with E-state index in [4.69, 9.17) is 49.4 Å². The standard InChI is InChI=1S/C25H35Cl2N3O4/c1-17(23(28)15-31)30(29)14-20(32)16-34-21-8-5-18(6-9-21)25(2,3)19-7-10-24(22(27)13-19)33-12-4-11-26/h5-10,13,20,31-32H,4,11-12,14-16,28-29H2,1-3H3/b23-17-. The zero-order valence-corrected chi connectivity index (χ0v) is 21.4. The normalized spacial score (nSPS) is 13.3. The quantitative estimate of drug-likeness (QED) is 0.140. The second kappa shape index (κ2) is 13.1. The summed E-state index contributed by atoms with van der Waals surface area (Å²) in [4.78, 5) is 0. The summed E-state index contributed by atoms with van der Waals surface area (Å²) in [6, 6.07) is 13.5. The summed E-state index contributed by atoms with van der Waals surface area (Å²) in [6.07, 6.45) is -0.0781. The predicted octanol–water partition coefficient (Wildman–Crippen LogP) is 3.77. The second-order valence-electron chi connectivity index (χ2n) is 8.57. The molecule has 0 heterocycles. The van der Waals surface area contributed by atoms with Gasteiger partial charge in [-0.05, 0) is 48.7 Å². The van der Waals surface area contributed by atoms with E-state index in [0.29, 0.717) is 34.7 Å². The summed E-state index contributed by atoms with van der Waals surface area (Å²) in [7, 11) is 0. The number of nitrogens with zero attached hydrogens (tertiary/aromatic N) is 1. The molecular weight excluding hydrogens is 477 g/mol. The predicted molar refractivity (Wildman–Crippen MR) is 137 cm³/mol. The van der Waals surface area contributed by atoms with Gasteiger partial charge < -0.3 is 30.4 Å². The van der Waals surface area contributed by atoms with Crippen LogP contribution in [0.4, 0.5) is 0 Å². The minimum atomic E-state index is -0.838. The van der Waals surface area contributed by atoms with Crippen LogP contribution in [0, 0.1) is 0 Å². The Kier molecular flexibility index (Phi) is 10.8. The fourth-order valence-electron chi connectivity index (χ4n) is 3.29. The van der Waals surface area contributed by atoms with Gasteiger partial charge in [0.2, 0.25) is 0 Å². The summed E-state index contributed by atoms with van der Waals surface area (Å²) in [5, 5.41) is 21.2. The molecule has 2 rings (SSSR count). The Labute approximate surface area is 211 Å². The van der Waals surface area contributed by atoms with Gasteiger partial charge in [-0.2, -0.15) is 0 Å². The minimum absolute atomic E-state index is 0.0591. The Balaban J connectivity index is 1.99. The van der Waals surface area contributed by atoms with Crippen molar-refractivity contribution in [2.24, 2.45) is 11.6 Å². The van der Waals surface area contributed by atoms with E-state index in [9.17, 15) is 5.11 Å². The Morgan fingerprint density at radius 2 is 1.76 bits per heavy atom. The highest BCUT2D eigenvalue weighted by atomic mass is 35.5. The highest BCUT2D eigenvalue weighted by molar-refractivity contribution is 6.32. The number of ether oxygens (including phenoxy) is 2. The first-order valence-electron chi connectivity index (χ1n) is 11.1. The number of rotatable bonds is 13. The van der Waals surface area contributed by atoms with E-state index in [1.54, 1.807) is 6.92 Å². The van der Waals surface area contributed by atoms with E-state index < -0.39 is 6.10 Å². The van der Waals surface area contributed by atoms with Crippen LogP contribution >= 0.6 is 23.2 Å². The molecule has 6 N–H and O–H groups in total. The Bertz CT molecular complexity index is 952. The van der Waals surface area contributed by atoms with Crippen molar-refractivity contribution < 1.29 is 19.7 Å². The maximum atomic E-state index is 10.2. The van der Waals surface area contributed by atoms with Crippen LogP contribution in [0.25, 0.3) is 0 Å². The van der Waals surface area contributed by atoms with Crippen LogP contribution in [0.5, 0.6) is 11.5 Å². The first-order chi connectivity index (χ1) is 16.1. The lowest BCUT2D eigenvalue weighted by Gasteiger charge is -2.27. The van der Waals surface area contributed by atoms with Gasteiger partial charge in [0.25, 0.3) is 0 Å². The number of aliphatic hydroxyl groups is 2. The lowest BCUT2D eigenvalue weighted by molar-refractivity contribution is 0.0779. The number of halogens is 2. The fourth-order valence-corrected chi connectivity index (χ4v) is 3.63. The zero-order valence-electron chi connectivity index (χ0n) is 19.9. The molecule has 0 fully saturated rings. The molecule has 188 valence electrons. The molecule has 0 saturated carbocycles.